The lowest BCUT2D eigenvalue weighted by atomic mass is 9.78. The Bertz CT molecular complexity index is 966. The molecular formula is C27H35NO6. The van der Waals surface area contributed by atoms with Gasteiger partial charge in [0.1, 0.15) is 5.54 Å². The summed E-state index contributed by atoms with van der Waals surface area (Å²) >= 11 is 0. The predicted octanol–water partition coefficient (Wildman–Crippen LogP) is 4.15. The summed E-state index contributed by atoms with van der Waals surface area (Å²) in [6, 6.07) is 3.86. The fourth-order valence-electron chi connectivity index (χ4n) is 5.00. The minimum absolute atomic E-state index is 0.0931. The molecule has 1 N–H and O–H groups in total. The Morgan fingerprint density at radius 3 is 2.50 bits per heavy atom. The monoisotopic (exact) mass is 469 g/mol. The van der Waals surface area contributed by atoms with Crippen LogP contribution in [0.4, 0.5) is 4.79 Å². The Balaban J connectivity index is 2.15. The van der Waals surface area contributed by atoms with Gasteiger partial charge in [-0.25, -0.2) is 4.79 Å². The lowest BCUT2D eigenvalue weighted by molar-refractivity contribution is -0.117. The fourth-order valence-corrected chi connectivity index (χ4v) is 5.00. The highest BCUT2D eigenvalue weighted by molar-refractivity contribution is 6.24. The number of ether oxygens (including phenoxy) is 4. The second-order valence-electron chi connectivity index (χ2n) is 8.63. The standard InChI is InChI=1S/C27H35NO6/c1-6-18-15-19(7-2)22(20(8-3)16-18)23-24(34-26(30)32-9-4)27(28-25(23)29)12-10-11-21(17-27)33-14-13-31-5/h1,15-16,21H,7-14,17H2,2-5H3,(H,28,29). The van der Waals surface area contributed by atoms with E-state index in [9.17, 15) is 9.59 Å². The maximum atomic E-state index is 13.6. The molecule has 7 nitrogen and oxygen atoms in total. The van der Waals surface area contributed by atoms with Crippen LogP contribution >= 0.6 is 0 Å². The quantitative estimate of drug-likeness (QED) is 0.332. The van der Waals surface area contributed by atoms with E-state index in [0.29, 0.717) is 50.2 Å². The molecule has 1 spiro atoms. The summed E-state index contributed by atoms with van der Waals surface area (Å²) in [6.07, 6.45) is 8.96. The number of benzene rings is 1. The number of carbonyl (C=O) groups is 2. The number of carbonyl (C=O) groups excluding carboxylic acids is 2. The molecule has 0 saturated heterocycles. The zero-order chi connectivity index (χ0) is 24.7. The molecule has 1 fully saturated rings. The molecule has 34 heavy (non-hydrogen) atoms. The van der Waals surface area contributed by atoms with E-state index >= 15 is 0 Å². The van der Waals surface area contributed by atoms with Gasteiger partial charge in [0.25, 0.3) is 5.91 Å². The van der Waals surface area contributed by atoms with Crippen molar-refractivity contribution in [3.05, 3.63) is 40.1 Å². The van der Waals surface area contributed by atoms with E-state index in [1.807, 2.05) is 26.0 Å². The molecule has 3 rings (SSSR count). The van der Waals surface area contributed by atoms with E-state index in [1.165, 1.54) is 0 Å². The second kappa shape index (κ2) is 11.5. The number of nitrogens with one attached hydrogen (secondary N) is 1. The summed E-state index contributed by atoms with van der Waals surface area (Å²) in [5.41, 5.74) is 3.01. The summed E-state index contributed by atoms with van der Waals surface area (Å²) in [5, 5.41) is 3.17. The molecule has 1 aliphatic heterocycles. The molecule has 0 radical (unpaired) electrons. The highest BCUT2D eigenvalue weighted by atomic mass is 16.7. The lowest BCUT2D eigenvalue weighted by Gasteiger charge is -2.38. The molecule has 1 heterocycles. The molecule has 2 unspecified atom stereocenters. The van der Waals surface area contributed by atoms with E-state index in [-0.39, 0.29) is 18.6 Å². The molecule has 0 bridgehead atoms. The summed E-state index contributed by atoms with van der Waals surface area (Å²) < 4.78 is 22.1. The van der Waals surface area contributed by atoms with Crippen LogP contribution in [0.25, 0.3) is 5.57 Å². The molecule has 7 heteroatoms. The highest BCUT2D eigenvalue weighted by Crippen LogP contribution is 2.45. The Hall–Kier alpha value is -2.82. The summed E-state index contributed by atoms with van der Waals surface area (Å²) in [7, 11) is 1.63. The van der Waals surface area contributed by atoms with Crippen molar-refractivity contribution in [3.63, 3.8) is 0 Å². The average molecular weight is 470 g/mol. The van der Waals surface area contributed by atoms with Crippen molar-refractivity contribution in [2.45, 2.75) is 70.9 Å². The first kappa shape index (κ1) is 25.8. The summed E-state index contributed by atoms with van der Waals surface area (Å²) in [5.74, 6) is 2.78. The van der Waals surface area contributed by atoms with Gasteiger partial charge in [-0.2, -0.15) is 0 Å². The molecule has 0 aromatic heterocycles. The second-order valence-corrected chi connectivity index (χ2v) is 8.63. The maximum absolute atomic E-state index is 13.6. The Morgan fingerprint density at radius 2 is 1.91 bits per heavy atom. The number of aryl methyl sites for hydroxylation is 2. The van der Waals surface area contributed by atoms with E-state index in [4.69, 9.17) is 25.4 Å². The van der Waals surface area contributed by atoms with Gasteiger partial charge in [0.2, 0.25) is 0 Å². The van der Waals surface area contributed by atoms with Crippen molar-refractivity contribution in [2.24, 2.45) is 0 Å². The van der Waals surface area contributed by atoms with Gasteiger partial charge in [-0.3, -0.25) is 4.79 Å². The Labute approximate surface area is 202 Å². The van der Waals surface area contributed by atoms with Crippen molar-refractivity contribution in [3.8, 4) is 12.3 Å². The van der Waals surface area contributed by atoms with E-state index < -0.39 is 11.7 Å². The smallest absolute Gasteiger partial charge is 0.434 e. The minimum atomic E-state index is -0.837. The number of hydrogen-bond donors (Lipinski definition) is 1. The molecule has 184 valence electrons. The number of methoxy groups -OCH3 is 1. The zero-order valence-corrected chi connectivity index (χ0v) is 20.6. The first-order valence-corrected chi connectivity index (χ1v) is 12.1. The number of hydrogen-bond acceptors (Lipinski definition) is 6. The van der Waals surface area contributed by atoms with Gasteiger partial charge in [0.15, 0.2) is 5.76 Å². The van der Waals surface area contributed by atoms with Gasteiger partial charge >= 0.3 is 6.16 Å². The van der Waals surface area contributed by atoms with Gasteiger partial charge in [-0.05, 0) is 67.9 Å². The lowest BCUT2D eigenvalue weighted by Crippen LogP contribution is -2.50. The predicted molar refractivity (Wildman–Crippen MR) is 129 cm³/mol. The van der Waals surface area contributed by atoms with Crippen LogP contribution in [0.15, 0.2) is 17.9 Å². The summed E-state index contributed by atoms with van der Waals surface area (Å²) in [4.78, 5) is 26.1. The van der Waals surface area contributed by atoms with Gasteiger partial charge in [0, 0.05) is 19.1 Å². The summed E-state index contributed by atoms with van der Waals surface area (Å²) in [6.45, 7) is 6.89. The average Bonchev–Trinajstić information content (AvgIpc) is 3.07. The van der Waals surface area contributed by atoms with Crippen LogP contribution in [0.5, 0.6) is 0 Å². The highest BCUT2D eigenvalue weighted by Gasteiger charge is 2.51. The molecule has 1 saturated carbocycles. The fraction of sp³-hybridized carbons (Fsp3) is 0.556. The SMILES string of the molecule is C#Cc1cc(CC)c(C2=C(OC(=O)OCC)C3(CCCC(OCCOC)C3)NC2=O)c(CC)c1. The van der Waals surface area contributed by atoms with Crippen LogP contribution in [0.2, 0.25) is 0 Å². The zero-order valence-electron chi connectivity index (χ0n) is 20.6. The number of terminal acetylenes is 1. The van der Waals surface area contributed by atoms with Crippen molar-refractivity contribution in [1.29, 1.82) is 0 Å². The molecular weight excluding hydrogens is 434 g/mol. The van der Waals surface area contributed by atoms with Crippen molar-refractivity contribution in [1.82, 2.24) is 5.32 Å². The minimum Gasteiger partial charge on any atom is -0.434 e. The molecule has 2 atom stereocenters. The third-order valence-electron chi connectivity index (χ3n) is 6.52. The molecule has 1 amide bonds. The number of amides is 1. The largest absolute Gasteiger partial charge is 0.513 e. The van der Waals surface area contributed by atoms with E-state index in [0.717, 1.165) is 35.1 Å². The van der Waals surface area contributed by atoms with Crippen LogP contribution in [-0.2, 0) is 36.6 Å². The number of rotatable bonds is 9. The first-order chi connectivity index (χ1) is 16.4. The third-order valence-corrected chi connectivity index (χ3v) is 6.52. The van der Waals surface area contributed by atoms with Crippen LogP contribution in [-0.4, -0.2) is 50.6 Å². The first-order valence-electron chi connectivity index (χ1n) is 12.1. The molecule has 2 aliphatic rings. The van der Waals surface area contributed by atoms with E-state index in [2.05, 4.69) is 11.2 Å². The Morgan fingerprint density at radius 1 is 1.21 bits per heavy atom. The van der Waals surface area contributed by atoms with Gasteiger partial charge < -0.3 is 24.3 Å². The maximum Gasteiger partial charge on any atom is 0.513 e. The topological polar surface area (TPSA) is 83.1 Å². The Kier molecular flexibility index (Phi) is 8.76. The van der Waals surface area contributed by atoms with E-state index in [1.54, 1.807) is 14.0 Å². The van der Waals surface area contributed by atoms with Crippen LogP contribution in [0.3, 0.4) is 0 Å². The van der Waals surface area contributed by atoms with Crippen molar-refractivity contribution < 1.29 is 28.5 Å². The van der Waals surface area contributed by atoms with Gasteiger partial charge in [0.05, 0.1) is 31.5 Å². The van der Waals surface area contributed by atoms with Crippen LogP contribution in [0.1, 0.15) is 68.7 Å². The molecule has 1 aliphatic carbocycles. The van der Waals surface area contributed by atoms with Crippen molar-refractivity contribution >= 4 is 17.6 Å². The van der Waals surface area contributed by atoms with Crippen LogP contribution in [0, 0.1) is 12.3 Å². The normalized spacial score (nSPS) is 22.0. The van der Waals surface area contributed by atoms with Gasteiger partial charge in [-0.1, -0.05) is 19.8 Å². The molecule has 1 aromatic rings. The van der Waals surface area contributed by atoms with Gasteiger partial charge in [-0.15, -0.1) is 6.42 Å². The van der Waals surface area contributed by atoms with Crippen LogP contribution < -0.4 is 5.32 Å². The van der Waals surface area contributed by atoms with Crippen molar-refractivity contribution in [2.75, 3.05) is 26.9 Å². The molecule has 1 aromatic carbocycles. The third kappa shape index (κ3) is 5.29.